The van der Waals surface area contributed by atoms with Crippen LogP contribution in [-0.4, -0.2) is 35.5 Å². The van der Waals surface area contributed by atoms with E-state index in [1.165, 1.54) is 0 Å². The summed E-state index contributed by atoms with van der Waals surface area (Å²) in [5.74, 6) is -0.0408. The van der Waals surface area contributed by atoms with Crippen LogP contribution in [0.25, 0.3) is 0 Å². The van der Waals surface area contributed by atoms with Crippen LogP contribution in [0.3, 0.4) is 0 Å². The Bertz CT molecular complexity index is 415. The molecule has 2 N–H and O–H groups in total. The van der Waals surface area contributed by atoms with Crippen molar-refractivity contribution >= 4 is 29.9 Å². The lowest BCUT2D eigenvalue weighted by atomic mass is 9.93. The van der Waals surface area contributed by atoms with Crippen LogP contribution in [0.2, 0.25) is 5.02 Å². The van der Waals surface area contributed by atoms with Crippen molar-refractivity contribution in [2.45, 2.75) is 13.8 Å². The molecule has 104 valence electrons. The quantitative estimate of drug-likeness (QED) is 0.925. The van der Waals surface area contributed by atoms with E-state index in [1.807, 2.05) is 13.8 Å². The summed E-state index contributed by atoms with van der Waals surface area (Å²) >= 11 is 5.86. The summed E-state index contributed by atoms with van der Waals surface area (Å²) < 4.78 is 1.73. The van der Waals surface area contributed by atoms with Gasteiger partial charge in [-0.1, -0.05) is 25.4 Å². The van der Waals surface area contributed by atoms with Gasteiger partial charge in [-0.05, 0) is 18.0 Å². The van der Waals surface area contributed by atoms with Crippen molar-refractivity contribution in [1.29, 1.82) is 0 Å². The van der Waals surface area contributed by atoms with Crippen LogP contribution in [0, 0.1) is 5.41 Å². The molecule has 0 aliphatic heterocycles. The van der Waals surface area contributed by atoms with Gasteiger partial charge in [-0.15, -0.1) is 12.4 Å². The number of hydrogen-bond donors (Lipinski definition) is 1. The van der Waals surface area contributed by atoms with Gasteiger partial charge in [0.15, 0.2) is 0 Å². The van der Waals surface area contributed by atoms with Gasteiger partial charge in [0.2, 0.25) is 0 Å². The number of hydrogen-bond acceptors (Lipinski definition) is 2. The van der Waals surface area contributed by atoms with E-state index in [0.29, 0.717) is 23.8 Å². The molecule has 0 aromatic carbocycles. The molecular formula is C12H21Cl2N3O. The summed E-state index contributed by atoms with van der Waals surface area (Å²) in [4.78, 5) is 13.9. The van der Waals surface area contributed by atoms with E-state index < -0.39 is 0 Å². The van der Waals surface area contributed by atoms with Crippen LogP contribution in [0.15, 0.2) is 12.3 Å². The third-order valence-electron chi connectivity index (χ3n) is 2.76. The van der Waals surface area contributed by atoms with E-state index in [4.69, 9.17) is 17.3 Å². The van der Waals surface area contributed by atoms with Crippen LogP contribution in [-0.2, 0) is 7.05 Å². The van der Waals surface area contributed by atoms with Crippen LogP contribution >= 0.6 is 24.0 Å². The van der Waals surface area contributed by atoms with E-state index in [0.717, 1.165) is 0 Å². The smallest absolute Gasteiger partial charge is 0.270 e. The molecule has 1 heterocycles. The molecule has 0 saturated heterocycles. The number of nitrogens with zero attached hydrogens (tertiary/aromatic N) is 2. The minimum Gasteiger partial charge on any atom is -0.345 e. The Kier molecular flexibility index (Phi) is 6.20. The molecule has 4 nitrogen and oxygen atoms in total. The van der Waals surface area contributed by atoms with E-state index in [2.05, 4.69) is 0 Å². The predicted molar refractivity (Wildman–Crippen MR) is 77.5 cm³/mol. The first-order valence-corrected chi connectivity index (χ1v) is 5.92. The fourth-order valence-electron chi connectivity index (χ4n) is 1.71. The van der Waals surface area contributed by atoms with Gasteiger partial charge in [0.25, 0.3) is 5.91 Å². The van der Waals surface area contributed by atoms with Gasteiger partial charge in [0, 0.05) is 26.8 Å². The number of halogens is 2. The molecule has 0 atom stereocenters. The molecule has 18 heavy (non-hydrogen) atoms. The SMILES string of the molecule is CN(CC(C)(C)CN)C(=O)c1cc(Cl)cn1C.Cl. The molecule has 1 amide bonds. The minimum absolute atomic E-state index is 0. The van der Waals surface area contributed by atoms with Crippen molar-refractivity contribution in [2.75, 3.05) is 20.1 Å². The second-order valence-electron chi connectivity index (χ2n) is 5.18. The van der Waals surface area contributed by atoms with Gasteiger partial charge in [-0.2, -0.15) is 0 Å². The Morgan fingerprint density at radius 3 is 2.50 bits per heavy atom. The molecule has 0 fully saturated rings. The first-order valence-electron chi connectivity index (χ1n) is 5.54. The number of aromatic nitrogens is 1. The monoisotopic (exact) mass is 293 g/mol. The summed E-state index contributed by atoms with van der Waals surface area (Å²) in [5, 5.41) is 0.572. The van der Waals surface area contributed by atoms with Crippen molar-refractivity contribution < 1.29 is 4.79 Å². The average Bonchev–Trinajstić information content (AvgIpc) is 2.56. The van der Waals surface area contributed by atoms with Crippen LogP contribution < -0.4 is 5.73 Å². The molecule has 0 radical (unpaired) electrons. The number of carbonyl (C=O) groups is 1. The summed E-state index contributed by atoms with van der Waals surface area (Å²) in [6.07, 6.45) is 1.72. The van der Waals surface area contributed by atoms with Gasteiger partial charge in [0.1, 0.15) is 5.69 Å². The number of amides is 1. The minimum atomic E-state index is -0.0840. The lowest BCUT2D eigenvalue weighted by Gasteiger charge is -2.29. The topological polar surface area (TPSA) is 51.3 Å². The fraction of sp³-hybridized carbons (Fsp3) is 0.583. The molecule has 1 rings (SSSR count). The molecule has 0 bridgehead atoms. The van der Waals surface area contributed by atoms with Crippen molar-refractivity contribution in [3.05, 3.63) is 23.0 Å². The molecule has 6 heteroatoms. The fourth-order valence-corrected chi connectivity index (χ4v) is 1.96. The highest BCUT2D eigenvalue weighted by molar-refractivity contribution is 6.31. The van der Waals surface area contributed by atoms with Crippen molar-refractivity contribution in [1.82, 2.24) is 9.47 Å². The average molecular weight is 294 g/mol. The largest absolute Gasteiger partial charge is 0.345 e. The Hall–Kier alpha value is -0.710. The lowest BCUT2D eigenvalue weighted by molar-refractivity contribution is 0.0731. The van der Waals surface area contributed by atoms with Gasteiger partial charge in [-0.25, -0.2) is 0 Å². The Labute approximate surface area is 119 Å². The van der Waals surface area contributed by atoms with E-state index in [9.17, 15) is 4.79 Å². The number of aryl methyl sites for hydroxylation is 1. The number of nitrogens with two attached hydrogens (primary N) is 1. The Morgan fingerprint density at radius 2 is 2.11 bits per heavy atom. The Balaban J connectivity index is 0.00000289. The number of rotatable bonds is 4. The molecule has 0 unspecified atom stereocenters. The van der Waals surface area contributed by atoms with E-state index in [-0.39, 0.29) is 23.7 Å². The molecule has 0 aliphatic rings. The Morgan fingerprint density at radius 1 is 1.56 bits per heavy atom. The maximum atomic E-state index is 12.2. The zero-order valence-corrected chi connectivity index (χ0v) is 12.8. The highest BCUT2D eigenvalue weighted by Gasteiger charge is 2.23. The lowest BCUT2D eigenvalue weighted by Crippen LogP contribution is -2.40. The first-order chi connectivity index (χ1) is 7.76. The molecule has 0 spiro atoms. The normalized spacial score (nSPS) is 11.0. The predicted octanol–water partition coefficient (Wildman–Crippen LogP) is 2.16. The third kappa shape index (κ3) is 4.19. The first kappa shape index (κ1) is 17.3. The van der Waals surface area contributed by atoms with Crippen LogP contribution in [0.5, 0.6) is 0 Å². The summed E-state index contributed by atoms with van der Waals surface area (Å²) in [6.45, 7) is 5.23. The maximum absolute atomic E-state index is 12.2. The van der Waals surface area contributed by atoms with E-state index >= 15 is 0 Å². The van der Waals surface area contributed by atoms with Crippen LogP contribution in [0.4, 0.5) is 0 Å². The molecule has 0 aliphatic carbocycles. The zero-order chi connectivity index (χ0) is 13.2. The van der Waals surface area contributed by atoms with Crippen molar-refractivity contribution in [3.63, 3.8) is 0 Å². The van der Waals surface area contributed by atoms with Gasteiger partial charge in [0.05, 0.1) is 5.02 Å². The molecule has 1 aromatic rings. The second kappa shape index (κ2) is 6.45. The molecule has 0 saturated carbocycles. The summed E-state index contributed by atoms with van der Waals surface area (Å²) in [7, 11) is 3.58. The number of carbonyl (C=O) groups excluding carboxylic acids is 1. The third-order valence-corrected chi connectivity index (χ3v) is 2.96. The second-order valence-corrected chi connectivity index (χ2v) is 5.62. The van der Waals surface area contributed by atoms with Crippen molar-refractivity contribution in [3.8, 4) is 0 Å². The van der Waals surface area contributed by atoms with Crippen LogP contribution in [0.1, 0.15) is 24.3 Å². The summed E-state index contributed by atoms with van der Waals surface area (Å²) in [6, 6.07) is 1.68. The van der Waals surface area contributed by atoms with E-state index in [1.54, 1.807) is 35.8 Å². The highest BCUT2D eigenvalue weighted by atomic mass is 35.5. The zero-order valence-electron chi connectivity index (χ0n) is 11.2. The van der Waals surface area contributed by atoms with Gasteiger partial charge < -0.3 is 15.2 Å². The molecular weight excluding hydrogens is 273 g/mol. The molecule has 1 aromatic heterocycles. The summed E-state index contributed by atoms with van der Waals surface area (Å²) in [5.41, 5.74) is 6.17. The maximum Gasteiger partial charge on any atom is 0.270 e. The standard InChI is InChI=1S/C12H20ClN3O.ClH/c1-12(2,7-14)8-16(4)11(17)10-5-9(13)6-15(10)3;/h5-6H,7-8,14H2,1-4H3;1H. The van der Waals surface area contributed by atoms with Crippen molar-refractivity contribution in [2.24, 2.45) is 18.2 Å². The highest BCUT2D eigenvalue weighted by Crippen LogP contribution is 2.18. The van der Waals surface area contributed by atoms with Gasteiger partial charge in [-0.3, -0.25) is 4.79 Å². The van der Waals surface area contributed by atoms with Gasteiger partial charge >= 0.3 is 0 Å².